The summed E-state index contributed by atoms with van der Waals surface area (Å²) in [6, 6.07) is 7.43. The number of nitrogens with zero attached hydrogens (tertiary/aromatic N) is 1. The summed E-state index contributed by atoms with van der Waals surface area (Å²) in [5.41, 5.74) is 0. The summed E-state index contributed by atoms with van der Waals surface area (Å²) in [5, 5.41) is 6.69. The third kappa shape index (κ3) is 4.53. The van der Waals surface area contributed by atoms with Crippen LogP contribution in [0.2, 0.25) is 5.02 Å². The molecule has 17 heavy (non-hydrogen) atoms. The first-order chi connectivity index (χ1) is 8.17. The smallest absolute Gasteiger partial charge is 0.190 e. The Morgan fingerprint density at radius 3 is 2.76 bits per heavy atom. The number of benzene rings is 1. The summed E-state index contributed by atoms with van der Waals surface area (Å²) >= 11 is 6.00. The van der Waals surface area contributed by atoms with Gasteiger partial charge >= 0.3 is 0 Å². The van der Waals surface area contributed by atoms with Crippen molar-refractivity contribution in [2.24, 2.45) is 4.99 Å². The van der Waals surface area contributed by atoms with Gasteiger partial charge in [-0.2, -0.15) is 0 Å². The maximum atomic E-state index is 6.00. The van der Waals surface area contributed by atoms with Crippen molar-refractivity contribution in [3.05, 3.63) is 29.3 Å². The second kappa shape index (κ2) is 7.01. The lowest BCUT2D eigenvalue weighted by molar-refractivity contribution is 0.224. The molecule has 1 atom stereocenters. The molecular formula is C12H18ClN3O. The molecule has 0 fully saturated rings. The van der Waals surface area contributed by atoms with Crippen LogP contribution in [-0.2, 0) is 0 Å². The predicted octanol–water partition coefficient (Wildman–Crippen LogP) is 1.90. The van der Waals surface area contributed by atoms with Gasteiger partial charge in [-0.3, -0.25) is 4.99 Å². The molecule has 0 aliphatic carbocycles. The fourth-order valence-corrected chi connectivity index (χ4v) is 1.50. The Morgan fingerprint density at radius 2 is 2.18 bits per heavy atom. The number of hydrogen-bond acceptors (Lipinski definition) is 2. The number of guanidine groups is 1. The van der Waals surface area contributed by atoms with Crippen molar-refractivity contribution >= 4 is 17.6 Å². The monoisotopic (exact) mass is 255 g/mol. The Balaban J connectivity index is 2.45. The molecule has 1 aromatic rings. The Morgan fingerprint density at radius 1 is 1.47 bits per heavy atom. The number of rotatable bonds is 4. The van der Waals surface area contributed by atoms with E-state index < -0.39 is 0 Å². The number of nitrogens with one attached hydrogen (secondary N) is 2. The zero-order valence-corrected chi connectivity index (χ0v) is 11.1. The molecule has 0 aliphatic heterocycles. The molecule has 0 aliphatic rings. The molecule has 0 unspecified atom stereocenters. The third-order valence-corrected chi connectivity index (χ3v) is 2.49. The van der Waals surface area contributed by atoms with Crippen LogP contribution in [0.3, 0.4) is 0 Å². The van der Waals surface area contributed by atoms with Gasteiger partial charge in [0.05, 0.1) is 11.6 Å². The summed E-state index contributed by atoms with van der Waals surface area (Å²) < 4.78 is 5.71. The van der Waals surface area contributed by atoms with E-state index in [1.54, 1.807) is 7.05 Å². The lowest BCUT2D eigenvalue weighted by Gasteiger charge is -2.17. The molecule has 0 amide bonds. The SMILES string of the molecule is CN=C(NC)NC[C@@H](C)Oc1ccccc1Cl. The maximum absolute atomic E-state index is 6.00. The summed E-state index contributed by atoms with van der Waals surface area (Å²) in [6.07, 6.45) is -0.000000000000000222. The second-order valence-corrected chi connectivity index (χ2v) is 3.97. The number of hydrogen-bond donors (Lipinski definition) is 2. The summed E-state index contributed by atoms with van der Waals surface area (Å²) in [4.78, 5) is 4.02. The molecule has 4 nitrogen and oxygen atoms in total. The van der Waals surface area contributed by atoms with Crippen LogP contribution in [0.5, 0.6) is 5.75 Å². The summed E-state index contributed by atoms with van der Waals surface area (Å²) in [7, 11) is 3.54. The molecule has 5 heteroatoms. The van der Waals surface area contributed by atoms with Crippen molar-refractivity contribution < 1.29 is 4.74 Å². The van der Waals surface area contributed by atoms with Gasteiger partial charge in [0.25, 0.3) is 0 Å². The van der Waals surface area contributed by atoms with Gasteiger partial charge in [0, 0.05) is 14.1 Å². The van der Waals surface area contributed by atoms with Crippen LogP contribution in [0.25, 0.3) is 0 Å². The van der Waals surface area contributed by atoms with Gasteiger partial charge in [0.1, 0.15) is 11.9 Å². The van der Waals surface area contributed by atoms with E-state index in [0.29, 0.717) is 17.3 Å². The second-order valence-electron chi connectivity index (χ2n) is 3.56. The molecule has 0 spiro atoms. The van der Waals surface area contributed by atoms with Gasteiger partial charge in [0.2, 0.25) is 0 Å². The first kappa shape index (κ1) is 13.6. The van der Waals surface area contributed by atoms with Crippen molar-refractivity contribution in [1.29, 1.82) is 0 Å². The zero-order valence-electron chi connectivity index (χ0n) is 10.3. The topological polar surface area (TPSA) is 45.7 Å². The average molecular weight is 256 g/mol. The summed E-state index contributed by atoms with van der Waals surface area (Å²) in [5.74, 6) is 1.43. The number of aliphatic imine (C=N–C) groups is 1. The zero-order chi connectivity index (χ0) is 12.7. The normalized spacial score (nSPS) is 13.1. The van der Waals surface area contributed by atoms with Gasteiger partial charge in [0.15, 0.2) is 5.96 Å². The van der Waals surface area contributed by atoms with E-state index in [1.165, 1.54) is 0 Å². The Labute approximate surface area is 107 Å². The predicted molar refractivity (Wildman–Crippen MR) is 72.0 cm³/mol. The Kier molecular flexibility index (Phi) is 5.63. The lowest BCUT2D eigenvalue weighted by Crippen LogP contribution is -2.40. The molecular weight excluding hydrogens is 238 g/mol. The van der Waals surface area contributed by atoms with E-state index in [4.69, 9.17) is 16.3 Å². The Bertz CT molecular complexity index is 382. The lowest BCUT2D eigenvalue weighted by atomic mass is 10.3. The highest BCUT2D eigenvalue weighted by molar-refractivity contribution is 6.32. The Hall–Kier alpha value is -1.42. The van der Waals surface area contributed by atoms with Crippen LogP contribution in [-0.4, -0.2) is 32.7 Å². The maximum Gasteiger partial charge on any atom is 0.190 e. The molecule has 0 saturated carbocycles. The molecule has 0 radical (unpaired) electrons. The van der Waals surface area contributed by atoms with E-state index >= 15 is 0 Å². The minimum Gasteiger partial charge on any atom is -0.487 e. The third-order valence-electron chi connectivity index (χ3n) is 2.18. The van der Waals surface area contributed by atoms with Crippen molar-refractivity contribution in [2.45, 2.75) is 13.0 Å². The fraction of sp³-hybridized carbons (Fsp3) is 0.417. The molecule has 1 rings (SSSR count). The largest absolute Gasteiger partial charge is 0.487 e. The van der Waals surface area contributed by atoms with Gasteiger partial charge in [-0.1, -0.05) is 23.7 Å². The van der Waals surface area contributed by atoms with Gasteiger partial charge < -0.3 is 15.4 Å². The van der Waals surface area contributed by atoms with Gasteiger partial charge in [-0.15, -0.1) is 0 Å². The van der Waals surface area contributed by atoms with Crippen molar-refractivity contribution in [2.75, 3.05) is 20.6 Å². The molecule has 0 saturated heterocycles. The standard InChI is InChI=1S/C12H18ClN3O/c1-9(8-16-12(14-2)15-3)17-11-7-5-4-6-10(11)13/h4-7,9H,8H2,1-3H3,(H2,14,15,16)/t9-/m1/s1. The van der Waals surface area contributed by atoms with Gasteiger partial charge in [-0.25, -0.2) is 0 Å². The first-order valence-corrected chi connectivity index (χ1v) is 5.84. The highest BCUT2D eigenvalue weighted by Crippen LogP contribution is 2.23. The molecule has 94 valence electrons. The number of para-hydroxylation sites is 1. The number of halogens is 1. The van der Waals surface area contributed by atoms with Gasteiger partial charge in [-0.05, 0) is 19.1 Å². The van der Waals surface area contributed by atoms with Crippen LogP contribution >= 0.6 is 11.6 Å². The quantitative estimate of drug-likeness (QED) is 0.638. The van der Waals surface area contributed by atoms with E-state index in [-0.39, 0.29) is 6.10 Å². The molecule has 2 N–H and O–H groups in total. The van der Waals surface area contributed by atoms with Crippen molar-refractivity contribution in [3.63, 3.8) is 0 Å². The summed E-state index contributed by atoms with van der Waals surface area (Å²) in [6.45, 7) is 2.62. The van der Waals surface area contributed by atoms with Crippen LogP contribution in [0.1, 0.15) is 6.92 Å². The average Bonchev–Trinajstić information content (AvgIpc) is 2.33. The molecule has 0 heterocycles. The van der Waals surface area contributed by atoms with Crippen molar-refractivity contribution in [1.82, 2.24) is 10.6 Å². The molecule has 0 aromatic heterocycles. The van der Waals surface area contributed by atoms with E-state index in [9.17, 15) is 0 Å². The molecule has 0 bridgehead atoms. The van der Waals surface area contributed by atoms with E-state index in [1.807, 2.05) is 38.2 Å². The van der Waals surface area contributed by atoms with Crippen molar-refractivity contribution in [3.8, 4) is 5.75 Å². The van der Waals surface area contributed by atoms with E-state index in [0.717, 1.165) is 5.96 Å². The van der Waals surface area contributed by atoms with Crippen LogP contribution in [0.15, 0.2) is 29.3 Å². The highest BCUT2D eigenvalue weighted by atomic mass is 35.5. The van der Waals surface area contributed by atoms with Crippen LogP contribution < -0.4 is 15.4 Å². The van der Waals surface area contributed by atoms with Crippen LogP contribution in [0, 0.1) is 0 Å². The van der Waals surface area contributed by atoms with Crippen LogP contribution in [0.4, 0.5) is 0 Å². The minimum atomic E-state index is -0.000000000000000222. The minimum absolute atomic E-state index is 0.000000000000000222. The number of ether oxygens (including phenoxy) is 1. The first-order valence-electron chi connectivity index (χ1n) is 5.47. The van der Waals surface area contributed by atoms with E-state index in [2.05, 4.69) is 15.6 Å². The fourth-order valence-electron chi connectivity index (χ4n) is 1.32. The molecule has 1 aromatic carbocycles. The highest BCUT2D eigenvalue weighted by Gasteiger charge is 2.07.